The van der Waals surface area contributed by atoms with Crippen LogP contribution in [0.2, 0.25) is 0 Å². The smallest absolute Gasteiger partial charge is 0.271 e. The van der Waals surface area contributed by atoms with Gasteiger partial charge in [-0.05, 0) is 43.9 Å². The first-order valence-electron chi connectivity index (χ1n) is 9.73. The number of hydrogen-bond donors (Lipinski definition) is 2. The Labute approximate surface area is 155 Å². The number of hydrogen-bond acceptors (Lipinski definition) is 6. The maximum absolute atomic E-state index is 12.5. The average Bonchev–Trinajstić information content (AvgIpc) is 3.30. The Morgan fingerprint density at radius 1 is 1.38 bits per heavy atom. The van der Waals surface area contributed by atoms with E-state index in [0.717, 1.165) is 31.7 Å². The molecular weight excluding hydrogens is 332 g/mol. The molecule has 2 aliphatic rings. The van der Waals surface area contributed by atoms with Crippen LogP contribution in [0.15, 0.2) is 6.20 Å². The van der Waals surface area contributed by atoms with E-state index in [1.165, 1.54) is 19.0 Å². The Balaban J connectivity index is 1.73. The first-order valence-corrected chi connectivity index (χ1v) is 9.73. The molecule has 3 rings (SSSR count). The van der Waals surface area contributed by atoms with Crippen LogP contribution in [0.25, 0.3) is 0 Å². The third-order valence-electron chi connectivity index (χ3n) is 4.82. The third-order valence-corrected chi connectivity index (χ3v) is 4.82. The molecule has 2 heterocycles. The van der Waals surface area contributed by atoms with E-state index in [9.17, 15) is 9.90 Å². The van der Waals surface area contributed by atoms with Crippen LogP contribution >= 0.6 is 0 Å². The van der Waals surface area contributed by atoms with E-state index in [1.807, 2.05) is 0 Å². The van der Waals surface area contributed by atoms with Crippen molar-refractivity contribution in [3.63, 3.8) is 0 Å². The van der Waals surface area contributed by atoms with Crippen molar-refractivity contribution in [3.8, 4) is 5.88 Å². The lowest BCUT2D eigenvalue weighted by Crippen LogP contribution is -2.39. The largest absolute Gasteiger partial charge is 0.475 e. The SMILES string of the molecule is CC(C)C[C@@H](CO)NC(=O)c1cnc(N2CCCC2)c(OCC2CC2)n1. The van der Waals surface area contributed by atoms with Gasteiger partial charge in [-0.25, -0.2) is 9.97 Å². The zero-order chi connectivity index (χ0) is 18.5. The van der Waals surface area contributed by atoms with Gasteiger partial charge in [-0.2, -0.15) is 0 Å². The van der Waals surface area contributed by atoms with Crippen LogP contribution in [0.4, 0.5) is 5.82 Å². The fourth-order valence-corrected chi connectivity index (χ4v) is 3.21. The highest BCUT2D eigenvalue weighted by molar-refractivity contribution is 5.92. The highest BCUT2D eigenvalue weighted by Crippen LogP contribution is 2.32. The molecule has 1 aromatic rings. The van der Waals surface area contributed by atoms with E-state index in [2.05, 4.69) is 34.0 Å². The minimum atomic E-state index is -0.318. The van der Waals surface area contributed by atoms with Crippen molar-refractivity contribution in [3.05, 3.63) is 11.9 Å². The second-order valence-corrected chi connectivity index (χ2v) is 7.82. The van der Waals surface area contributed by atoms with E-state index in [4.69, 9.17) is 4.74 Å². The van der Waals surface area contributed by atoms with Crippen molar-refractivity contribution in [2.45, 2.75) is 52.0 Å². The number of amides is 1. The van der Waals surface area contributed by atoms with Crippen molar-refractivity contribution in [1.82, 2.24) is 15.3 Å². The van der Waals surface area contributed by atoms with Crippen LogP contribution in [0.3, 0.4) is 0 Å². The van der Waals surface area contributed by atoms with Gasteiger partial charge in [0, 0.05) is 13.1 Å². The number of anilines is 1. The van der Waals surface area contributed by atoms with Gasteiger partial charge in [-0.3, -0.25) is 4.79 Å². The Morgan fingerprint density at radius 3 is 2.73 bits per heavy atom. The molecule has 1 aromatic heterocycles. The van der Waals surface area contributed by atoms with Crippen molar-refractivity contribution >= 4 is 11.7 Å². The topological polar surface area (TPSA) is 87.6 Å². The number of nitrogens with one attached hydrogen (secondary N) is 1. The number of aliphatic hydroxyl groups excluding tert-OH is 1. The molecule has 7 nitrogen and oxygen atoms in total. The van der Waals surface area contributed by atoms with Gasteiger partial charge in [0.2, 0.25) is 0 Å². The van der Waals surface area contributed by atoms with Gasteiger partial charge < -0.3 is 20.1 Å². The van der Waals surface area contributed by atoms with Crippen LogP contribution in [0.5, 0.6) is 5.88 Å². The lowest BCUT2D eigenvalue weighted by Gasteiger charge is -2.21. The Bertz CT molecular complexity index is 613. The summed E-state index contributed by atoms with van der Waals surface area (Å²) in [5.41, 5.74) is 0.237. The lowest BCUT2D eigenvalue weighted by molar-refractivity contribution is 0.0901. The van der Waals surface area contributed by atoms with Gasteiger partial charge in [0.15, 0.2) is 11.5 Å². The molecule has 2 N–H and O–H groups in total. The number of ether oxygens (including phenoxy) is 1. The van der Waals surface area contributed by atoms with Gasteiger partial charge in [0.1, 0.15) is 0 Å². The number of nitrogens with zero attached hydrogens (tertiary/aromatic N) is 3. The number of rotatable bonds is 9. The van der Waals surface area contributed by atoms with Crippen LogP contribution < -0.4 is 15.0 Å². The summed E-state index contributed by atoms with van der Waals surface area (Å²) in [5.74, 6) is 1.86. The first kappa shape index (κ1) is 18.9. The summed E-state index contributed by atoms with van der Waals surface area (Å²) in [6.07, 6.45) is 6.89. The van der Waals surface area contributed by atoms with Crippen molar-refractivity contribution in [2.75, 3.05) is 31.2 Å². The van der Waals surface area contributed by atoms with E-state index in [1.54, 1.807) is 0 Å². The van der Waals surface area contributed by atoms with Gasteiger partial charge in [0.25, 0.3) is 11.8 Å². The molecule has 1 aliphatic heterocycles. The molecule has 0 radical (unpaired) electrons. The van der Waals surface area contributed by atoms with E-state index in [0.29, 0.717) is 30.7 Å². The average molecular weight is 362 g/mol. The molecule has 7 heteroatoms. The first-order chi connectivity index (χ1) is 12.6. The molecule has 0 bridgehead atoms. The van der Waals surface area contributed by atoms with Crippen molar-refractivity contribution in [1.29, 1.82) is 0 Å². The highest BCUT2D eigenvalue weighted by Gasteiger charge is 2.26. The van der Waals surface area contributed by atoms with Crippen LogP contribution in [-0.4, -0.2) is 53.3 Å². The van der Waals surface area contributed by atoms with E-state index >= 15 is 0 Å². The molecule has 1 atom stereocenters. The Morgan fingerprint density at radius 2 is 2.12 bits per heavy atom. The maximum atomic E-state index is 12.5. The number of carbonyl (C=O) groups excluding carboxylic acids is 1. The maximum Gasteiger partial charge on any atom is 0.271 e. The minimum Gasteiger partial charge on any atom is -0.475 e. The van der Waals surface area contributed by atoms with Gasteiger partial charge in [0.05, 0.1) is 25.5 Å². The monoisotopic (exact) mass is 362 g/mol. The zero-order valence-corrected chi connectivity index (χ0v) is 15.8. The van der Waals surface area contributed by atoms with E-state index in [-0.39, 0.29) is 24.2 Å². The summed E-state index contributed by atoms with van der Waals surface area (Å²) in [7, 11) is 0. The van der Waals surface area contributed by atoms with Crippen molar-refractivity contribution in [2.24, 2.45) is 11.8 Å². The summed E-state index contributed by atoms with van der Waals surface area (Å²) < 4.78 is 5.92. The highest BCUT2D eigenvalue weighted by atomic mass is 16.5. The fraction of sp³-hybridized carbons (Fsp3) is 0.737. The lowest BCUT2D eigenvalue weighted by atomic mass is 10.0. The summed E-state index contributed by atoms with van der Waals surface area (Å²) in [6, 6.07) is -0.279. The Hall–Kier alpha value is -1.89. The summed E-state index contributed by atoms with van der Waals surface area (Å²) in [5, 5.41) is 12.3. The van der Waals surface area contributed by atoms with Crippen LogP contribution in [-0.2, 0) is 0 Å². The molecule has 1 amide bonds. The molecule has 0 unspecified atom stereocenters. The normalized spacial score (nSPS) is 18.2. The molecule has 1 saturated carbocycles. The summed E-state index contributed by atoms with van der Waals surface area (Å²) in [4.78, 5) is 23.7. The summed E-state index contributed by atoms with van der Waals surface area (Å²) >= 11 is 0. The molecule has 144 valence electrons. The molecule has 26 heavy (non-hydrogen) atoms. The zero-order valence-electron chi connectivity index (χ0n) is 15.8. The minimum absolute atomic E-state index is 0.0890. The predicted octanol–water partition coefficient (Wildman–Crippen LogP) is 2.00. The van der Waals surface area contributed by atoms with Gasteiger partial charge in [-0.15, -0.1) is 0 Å². The van der Waals surface area contributed by atoms with Crippen molar-refractivity contribution < 1.29 is 14.6 Å². The molecular formula is C19H30N4O3. The molecule has 2 fully saturated rings. The second-order valence-electron chi connectivity index (χ2n) is 7.82. The molecule has 1 saturated heterocycles. The van der Waals surface area contributed by atoms with Crippen LogP contribution in [0, 0.1) is 11.8 Å². The predicted molar refractivity (Wildman–Crippen MR) is 99.5 cm³/mol. The standard InChI is InChI=1S/C19H30N4O3/c1-13(2)9-15(11-24)21-18(25)16-10-20-17(23-7-3-4-8-23)19(22-16)26-12-14-5-6-14/h10,13-15,24H,3-9,11-12H2,1-2H3,(H,21,25)/t15-/m0/s1. The van der Waals surface area contributed by atoms with Gasteiger partial charge >= 0.3 is 0 Å². The number of aliphatic hydroxyl groups is 1. The summed E-state index contributed by atoms with van der Waals surface area (Å²) in [6.45, 7) is 6.55. The molecule has 0 spiro atoms. The molecule has 1 aliphatic carbocycles. The van der Waals surface area contributed by atoms with Gasteiger partial charge in [-0.1, -0.05) is 13.8 Å². The fourth-order valence-electron chi connectivity index (χ4n) is 3.21. The number of carbonyl (C=O) groups is 1. The third kappa shape index (κ3) is 5.06. The van der Waals surface area contributed by atoms with Crippen LogP contribution in [0.1, 0.15) is 56.4 Å². The number of aromatic nitrogens is 2. The Kier molecular flexibility index (Phi) is 6.29. The van der Waals surface area contributed by atoms with E-state index < -0.39 is 0 Å². The molecule has 0 aromatic carbocycles. The second kappa shape index (κ2) is 8.66. The quantitative estimate of drug-likeness (QED) is 0.699.